The fourth-order valence-corrected chi connectivity index (χ4v) is 2.48. The van der Waals surface area contributed by atoms with Crippen LogP contribution in [0.25, 0.3) is 0 Å². The first-order chi connectivity index (χ1) is 8.90. The van der Waals surface area contributed by atoms with Crippen molar-refractivity contribution in [2.75, 3.05) is 0 Å². The molecule has 0 saturated carbocycles. The molecule has 0 bridgehead atoms. The molecule has 0 radical (unpaired) electrons. The van der Waals surface area contributed by atoms with Crippen LogP contribution in [0.5, 0.6) is 0 Å². The fourth-order valence-electron chi connectivity index (χ4n) is 1.57. The molecule has 0 N–H and O–H groups in total. The molecule has 2 rings (SSSR count). The van der Waals surface area contributed by atoms with Crippen LogP contribution in [0.1, 0.15) is 15.9 Å². The van der Waals surface area contributed by atoms with Crippen molar-refractivity contribution in [2.45, 2.75) is 0 Å². The summed E-state index contributed by atoms with van der Waals surface area (Å²) >= 11 is 5.13. The predicted octanol–water partition coefficient (Wildman–Crippen LogP) is 4.70. The number of hydrogen-bond acceptors (Lipinski definition) is 1. The van der Waals surface area contributed by atoms with Crippen molar-refractivity contribution in [1.29, 1.82) is 0 Å². The molecule has 2 aromatic carbocycles. The molecule has 0 aliphatic rings. The van der Waals surface area contributed by atoms with E-state index in [1.54, 1.807) is 12.1 Å². The molecule has 0 heterocycles. The first-order valence-corrected chi connectivity index (χ1v) is 6.91. The number of carbonyl (C=O) groups is 1. The molecule has 0 amide bonds. The monoisotopic (exact) mass is 440 g/mol. The minimum Gasteiger partial charge on any atom is -0.288 e. The Morgan fingerprint density at radius 1 is 1.05 bits per heavy atom. The van der Waals surface area contributed by atoms with Crippen LogP contribution in [0.15, 0.2) is 34.8 Å². The maximum atomic E-state index is 13.6. The van der Waals surface area contributed by atoms with Gasteiger partial charge in [-0.05, 0) is 40.8 Å². The lowest BCUT2D eigenvalue weighted by molar-refractivity contribution is 0.103. The number of ketones is 1. The molecule has 0 atom stereocenters. The summed E-state index contributed by atoms with van der Waals surface area (Å²) in [4.78, 5) is 12.1. The molecule has 0 fully saturated rings. The Morgan fingerprint density at radius 3 is 2.21 bits per heavy atom. The SMILES string of the molecule is O=C(c1cc(I)ccc1Br)c1c(F)cc(F)cc1F. The molecule has 0 aromatic heterocycles. The first kappa shape index (κ1) is 14.5. The van der Waals surface area contributed by atoms with Gasteiger partial charge in [0.25, 0.3) is 0 Å². The van der Waals surface area contributed by atoms with E-state index < -0.39 is 28.8 Å². The van der Waals surface area contributed by atoms with Crippen molar-refractivity contribution in [1.82, 2.24) is 0 Å². The summed E-state index contributed by atoms with van der Waals surface area (Å²) in [5, 5.41) is 0. The highest BCUT2D eigenvalue weighted by Gasteiger charge is 2.22. The molecule has 2 aromatic rings. The molecule has 19 heavy (non-hydrogen) atoms. The van der Waals surface area contributed by atoms with Crippen LogP contribution in [0, 0.1) is 21.0 Å². The largest absolute Gasteiger partial charge is 0.288 e. The molecule has 0 aliphatic heterocycles. The highest BCUT2D eigenvalue weighted by molar-refractivity contribution is 14.1. The van der Waals surface area contributed by atoms with Gasteiger partial charge in [0, 0.05) is 25.7 Å². The van der Waals surface area contributed by atoms with E-state index in [4.69, 9.17) is 0 Å². The standard InChI is InChI=1S/C13H5BrF3IO/c14-9-2-1-7(18)5-8(9)13(19)12-10(16)3-6(15)4-11(12)17/h1-5H. The van der Waals surface area contributed by atoms with Crippen LogP contribution in [0.2, 0.25) is 0 Å². The molecule has 98 valence electrons. The minimum atomic E-state index is -1.21. The zero-order valence-corrected chi connectivity index (χ0v) is 12.9. The lowest BCUT2D eigenvalue weighted by atomic mass is 10.0. The normalized spacial score (nSPS) is 10.6. The van der Waals surface area contributed by atoms with Crippen LogP contribution >= 0.6 is 38.5 Å². The molecule has 0 saturated heterocycles. The summed E-state index contributed by atoms with van der Waals surface area (Å²) in [7, 11) is 0. The third-order valence-electron chi connectivity index (χ3n) is 2.41. The zero-order valence-electron chi connectivity index (χ0n) is 9.18. The smallest absolute Gasteiger partial charge is 0.200 e. The first-order valence-electron chi connectivity index (χ1n) is 5.04. The second kappa shape index (κ2) is 5.62. The molecule has 0 aliphatic carbocycles. The summed E-state index contributed by atoms with van der Waals surface area (Å²) in [6.45, 7) is 0. The van der Waals surface area contributed by atoms with E-state index in [1.165, 1.54) is 6.07 Å². The third kappa shape index (κ3) is 3.00. The van der Waals surface area contributed by atoms with Crippen LogP contribution in [0.3, 0.4) is 0 Å². The van der Waals surface area contributed by atoms with Gasteiger partial charge in [0.2, 0.25) is 0 Å². The predicted molar refractivity (Wildman–Crippen MR) is 76.6 cm³/mol. The summed E-state index contributed by atoms with van der Waals surface area (Å²) < 4.78 is 41.1. The van der Waals surface area contributed by atoms with Crippen molar-refractivity contribution < 1.29 is 18.0 Å². The second-order valence-corrected chi connectivity index (χ2v) is 5.80. The van der Waals surface area contributed by atoms with E-state index in [2.05, 4.69) is 15.9 Å². The average molecular weight is 441 g/mol. The van der Waals surface area contributed by atoms with E-state index in [0.717, 1.165) is 3.57 Å². The van der Waals surface area contributed by atoms with Gasteiger partial charge < -0.3 is 0 Å². The topological polar surface area (TPSA) is 17.1 Å². The molecule has 0 spiro atoms. The van der Waals surface area contributed by atoms with Crippen molar-refractivity contribution in [2.24, 2.45) is 0 Å². The summed E-state index contributed by atoms with van der Waals surface area (Å²) in [6.07, 6.45) is 0. The van der Waals surface area contributed by atoms with E-state index in [9.17, 15) is 18.0 Å². The fraction of sp³-hybridized carbons (Fsp3) is 0. The Hall–Kier alpha value is -0.890. The Balaban J connectivity index is 2.59. The number of rotatable bonds is 2. The van der Waals surface area contributed by atoms with Crippen molar-refractivity contribution in [3.63, 3.8) is 0 Å². The van der Waals surface area contributed by atoms with Crippen LogP contribution in [-0.4, -0.2) is 5.78 Å². The van der Waals surface area contributed by atoms with Crippen LogP contribution in [0.4, 0.5) is 13.2 Å². The number of hydrogen-bond donors (Lipinski definition) is 0. The Labute approximate surface area is 129 Å². The minimum absolute atomic E-state index is 0.122. The molecular weight excluding hydrogens is 436 g/mol. The summed E-state index contributed by atoms with van der Waals surface area (Å²) in [5.74, 6) is -4.32. The maximum absolute atomic E-state index is 13.6. The quantitative estimate of drug-likeness (QED) is 0.488. The second-order valence-electron chi connectivity index (χ2n) is 3.70. The zero-order chi connectivity index (χ0) is 14.2. The molecule has 6 heteroatoms. The van der Waals surface area contributed by atoms with E-state index >= 15 is 0 Å². The molecular formula is C13H5BrF3IO. The van der Waals surface area contributed by atoms with Gasteiger partial charge in [0.1, 0.15) is 17.5 Å². The van der Waals surface area contributed by atoms with Gasteiger partial charge in [0.15, 0.2) is 5.78 Å². The van der Waals surface area contributed by atoms with Crippen LogP contribution < -0.4 is 0 Å². The van der Waals surface area contributed by atoms with Gasteiger partial charge in [0.05, 0.1) is 5.56 Å². The van der Waals surface area contributed by atoms with E-state index in [0.29, 0.717) is 16.6 Å². The average Bonchev–Trinajstić information content (AvgIpc) is 2.30. The lowest BCUT2D eigenvalue weighted by Gasteiger charge is -2.07. The highest BCUT2D eigenvalue weighted by Crippen LogP contribution is 2.25. The van der Waals surface area contributed by atoms with Gasteiger partial charge in [-0.3, -0.25) is 4.79 Å². The number of benzene rings is 2. The third-order valence-corrected chi connectivity index (χ3v) is 3.77. The van der Waals surface area contributed by atoms with Crippen LogP contribution in [-0.2, 0) is 0 Å². The van der Waals surface area contributed by atoms with Gasteiger partial charge in [-0.2, -0.15) is 0 Å². The molecule has 0 unspecified atom stereocenters. The highest BCUT2D eigenvalue weighted by atomic mass is 127. The lowest BCUT2D eigenvalue weighted by Crippen LogP contribution is -2.09. The molecule has 1 nitrogen and oxygen atoms in total. The van der Waals surface area contributed by atoms with E-state index in [1.807, 2.05) is 22.6 Å². The summed E-state index contributed by atoms with van der Waals surface area (Å²) in [6, 6.07) is 5.80. The van der Waals surface area contributed by atoms with Gasteiger partial charge in [-0.1, -0.05) is 15.9 Å². The van der Waals surface area contributed by atoms with Gasteiger partial charge in [-0.15, -0.1) is 0 Å². The Morgan fingerprint density at radius 2 is 1.63 bits per heavy atom. The Bertz CT molecular complexity index is 650. The summed E-state index contributed by atoms with van der Waals surface area (Å²) in [5.41, 5.74) is -0.639. The van der Waals surface area contributed by atoms with Crippen molar-refractivity contribution >= 4 is 44.3 Å². The maximum Gasteiger partial charge on any atom is 0.200 e. The van der Waals surface area contributed by atoms with E-state index in [-0.39, 0.29) is 5.56 Å². The Kier molecular flexibility index (Phi) is 4.29. The van der Waals surface area contributed by atoms with Crippen molar-refractivity contribution in [3.8, 4) is 0 Å². The number of carbonyl (C=O) groups excluding carboxylic acids is 1. The number of halogens is 5. The van der Waals surface area contributed by atoms with Gasteiger partial charge >= 0.3 is 0 Å². The van der Waals surface area contributed by atoms with Crippen molar-refractivity contribution in [3.05, 3.63) is 67.0 Å². The van der Waals surface area contributed by atoms with Gasteiger partial charge in [-0.25, -0.2) is 13.2 Å².